The number of nitrogens with zero attached hydrogens (tertiary/aromatic N) is 3. The third-order valence-corrected chi connectivity index (χ3v) is 4.96. The Kier molecular flexibility index (Phi) is 6.67. The molecule has 7 nitrogen and oxygen atoms in total. The summed E-state index contributed by atoms with van der Waals surface area (Å²) < 4.78 is 12.4. The maximum Gasteiger partial charge on any atom is 0.251 e. The van der Waals surface area contributed by atoms with Crippen LogP contribution < -0.4 is 5.32 Å². The van der Waals surface area contributed by atoms with Crippen molar-refractivity contribution < 1.29 is 13.9 Å². The lowest BCUT2D eigenvalue weighted by Gasteiger charge is -2.08. The number of thioether (sulfide) groups is 1. The highest BCUT2D eigenvalue weighted by molar-refractivity contribution is 7.98. The van der Waals surface area contributed by atoms with Gasteiger partial charge in [-0.1, -0.05) is 23.9 Å². The average molecular weight is 386 g/mol. The van der Waals surface area contributed by atoms with Gasteiger partial charge in [0.15, 0.2) is 16.7 Å². The Morgan fingerprint density at radius 3 is 2.93 bits per heavy atom. The number of furan rings is 1. The summed E-state index contributed by atoms with van der Waals surface area (Å²) in [5.41, 5.74) is 1.68. The Labute approximate surface area is 162 Å². The fraction of sp³-hybridized carbons (Fsp3) is 0.316. The van der Waals surface area contributed by atoms with Crippen LogP contribution in [0.25, 0.3) is 11.6 Å². The summed E-state index contributed by atoms with van der Waals surface area (Å²) >= 11 is 1.58. The highest BCUT2D eigenvalue weighted by Gasteiger charge is 2.15. The molecule has 0 aliphatic heterocycles. The molecule has 142 valence electrons. The van der Waals surface area contributed by atoms with Crippen LogP contribution in [0.15, 0.2) is 52.2 Å². The van der Waals surface area contributed by atoms with E-state index in [-0.39, 0.29) is 5.91 Å². The van der Waals surface area contributed by atoms with Crippen LogP contribution >= 0.6 is 11.8 Å². The van der Waals surface area contributed by atoms with E-state index < -0.39 is 0 Å². The van der Waals surface area contributed by atoms with Crippen LogP contribution in [0.3, 0.4) is 0 Å². The number of nitrogens with one attached hydrogen (secondary N) is 1. The second-order valence-electron chi connectivity index (χ2n) is 5.77. The van der Waals surface area contributed by atoms with E-state index in [0.29, 0.717) is 30.2 Å². The lowest BCUT2D eigenvalue weighted by Crippen LogP contribution is -2.26. The molecule has 2 aromatic heterocycles. The van der Waals surface area contributed by atoms with Crippen LogP contribution in [-0.2, 0) is 17.0 Å². The van der Waals surface area contributed by atoms with Crippen molar-refractivity contribution in [3.8, 4) is 11.6 Å². The average Bonchev–Trinajstić information content (AvgIpc) is 3.35. The van der Waals surface area contributed by atoms with Crippen LogP contribution in [0.5, 0.6) is 0 Å². The molecule has 0 unspecified atom stereocenters. The monoisotopic (exact) mass is 386 g/mol. The van der Waals surface area contributed by atoms with E-state index in [4.69, 9.17) is 9.15 Å². The number of hydrogen-bond donors (Lipinski definition) is 1. The summed E-state index contributed by atoms with van der Waals surface area (Å²) in [6, 6.07) is 11.3. The van der Waals surface area contributed by atoms with Gasteiger partial charge < -0.3 is 14.5 Å². The first-order valence-electron chi connectivity index (χ1n) is 8.69. The van der Waals surface area contributed by atoms with Gasteiger partial charge in [-0.15, -0.1) is 10.2 Å². The van der Waals surface area contributed by atoms with Crippen molar-refractivity contribution >= 4 is 17.7 Å². The summed E-state index contributed by atoms with van der Waals surface area (Å²) in [5.74, 6) is 2.01. The highest BCUT2D eigenvalue weighted by Crippen LogP contribution is 2.26. The lowest BCUT2D eigenvalue weighted by atomic mass is 10.1. The van der Waals surface area contributed by atoms with E-state index >= 15 is 0 Å². The van der Waals surface area contributed by atoms with Gasteiger partial charge in [-0.05, 0) is 36.8 Å². The fourth-order valence-electron chi connectivity index (χ4n) is 2.59. The lowest BCUT2D eigenvalue weighted by molar-refractivity contribution is 0.0937. The van der Waals surface area contributed by atoms with E-state index in [9.17, 15) is 4.79 Å². The van der Waals surface area contributed by atoms with E-state index in [2.05, 4.69) is 15.5 Å². The summed E-state index contributed by atoms with van der Waals surface area (Å²) in [6.07, 6.45) is 1.63. The molecule has 1 N–H and O–H groups in total. The molecule has 27 heavy (non-hydrogen) atoms. The molecule has 3 rings (SSSR count). The van der Waals surface area contributed by atoms with E-state index in [1.54, 1.807) is 31.2 Å². The van der Waals surface area contributed by atoms with Gasteiger partial charge >= 0.3 is 0 Å². The van der Waals surface area contributed by atoms with Gasteiger partial charge in [0, 0.05) is 31.5 Å². The molecule has 0 atom stereocenters. The number of benzene rings is 1. The smallest absolute Gasteiger partial charge is 0.251 e. The summed E-state index contributed by atoms with van der Waals surface area (Å²) in [4.78, 5) is 12.2. The number of carbonyl (C=O) groups is 1. The van der Waals surface area contributed by atoms with Crippen molar-refractivity contribution in [2.45, 2.75) is 24.4 Å². The zero-order valence-electron chi connectivity index (χ0n) is 15.3. The third-order valence-electron chi connectivity index (χ3n) is 3.92. The van der Waals surface area contributed by atoms with Gasteiger partial charge in [0.05, 0.1) is 12.9 Å². The first-order chi connectivity index (χ1) is 13.2. The number of amides is 1. The van der Waals surface area contributed by atoms with Crippen molar-refractivity contribution in [2.75, 3.05) is 20.3 Å². The Morgan fingerprint density at radius 2 is 2.19 bits per heavy atom. The molecular formula is C19H22N4O3S. The zero-order chi connectivity index (χ0) is 19.1. The first-order valence-corrected chi connectivity index (χ1v) is 9.67. The predicted molar refractivity (Wildman–Crippen MR) is 104 cm³/mol. The topological polar surface area (TPSA) is 82.2 Å². The molecular weight excluding hydrogens is 364 g/mol. The standard InChI is InChI=1S/C19H22N4O3S/c1-3-23-17(16-8-5-10-26-16)21-22-19(23)27-13-14-6-4-7-15(12-14)18(24)20-9-11-25-2/h4-8,10,12H,3,9,11,13H2,1-2H3,(H,20,24). The SMILES string of the molecule is CCn1c(SCc2cccc(C(=O)NCCOC)c2)nnc1-c1ccco1. The number of methoxy groups -OCH3 is 1. The molecule has 1 aromatic carbocycles. The molecule has 2 heterocycles. The largest absolute Gasteiger partial charge is 0.461 e. The first kappa shape index (κ1) is 19.2. The molecule has 0 radical (unpaired) electrons. The predicted octanol–water partition coefficient (Wildman–Crippen LogP) is 3.23. The summed E-state index contributed by atoms with van der Waals surface area (Å²) in [7, 11) is 1.61. The van der Waals surface area contributed by atoms with E-state index in [1.165, 1.54) is 0 Å². The Bertz CT molecular complexity index is 877. The minimum Gasteiger partial charge on any atom is -0.461 e. The number of hydrogen-bond acceptors (Lipinski definition) is 6. The Balaban J connectivity index is 1.67. The zero-order valence-corrected chi connectivity index (χ0v) is 16.2. The van der Waals surface area contributed by atoms with Gasteiger partial charge in [-0.2, -0.15) is 0 Å². The minimum atomic E-state index is -0.101. The molecule has 0 bridgehead atoms. The van der Waals surface area contributed by atoms with Crippen molar-refractivity contribution in [1.82, 2.24) is 20.1 Å². The highest BCUT2D eigenvalue weighted by atomic mass is 32.2. The maximum absolute atomic E-state index is 12.2. The molecule has 0 saturated heterocycles. The van der Waals surface area contributed by atoms with Gasteiger partial charge in [0.1, 0.15) is 0 Å². The van der Waals surface area contributed by atoms with E-state index in [0.717, 1.165) is 23.1 Å². The number of ether oxygens (including phenoxy) is 1. The van der Waals surface area contributed by atoms with Crippen LogP contribution in [0, 0.1) is 0 Å². The van der Waals surface area contributed by atoms with E-state index in [1.807, 2.05) is 41.8 Å². The molecule has 0 saturated carbocycles. The van der Waals surface area contributed by atoms with Crippen LogP contribution in [0.4, 0.5) is 0 Å². The molecule has 0 fully saturated rings. The summed E-state index contributed by atoms with van der Waals surface area (Å²) in [5, 5.41) is 12.2. The van der Waals surface area contributed by atoms with Crippen molar-refractivity contribution in [3.63, 3.8) is 0 Å². The normalized spacial score (nSPS) is 10.9. The number of rotatable bonds is 9. The van der Waals surface area contributed by atoms with Crippen LogP contribution in [0.2, 0.25) is 0 Å². The Morgan fingerprint density at radius 1 is 1.30 bits per heavy atom. The molecule has 0 spiro atoms. The third kappa shape index (κ3) is 4.78. The summed E-state index contributed by atoms with van der Waals surface area (Å²) in [6.45, 7) is 3.77. The minimum absolute atomic E-state index is 0.101. The second-order valence-corrected chi connectivity index (χ2v) is 6.71. The fourth-order valence-corrected chi connectivity index (χ4v) is 3.53. The second kappa shape index (κ2) is 9.38. The van der Waals surface area contributed by atoms with Gasteiger partial charge in [-0.3, -0.25) is 9.36 Å². The number of carbonyl (C=O) groups excluding carboxylic acids is 1. The van der Waals surface area contributed by atoms with Gasteiger partial charge in [-0.25, -0.2) is 0 Å². The van der Waals surface area contributed by atoms with Crippen molar-refractivity contribution in [2.24, 2.45) is 0 Å². The van der Waals surface area contributed by atoms with Crippen molar-refractivity contribution in [1.29, 1.82) is 0 Å². The number of aromatic nitrogens is 3. The van der Waals surface area contributed by atoms with Gasteiger partial charge in [0.25, 0.3) is 5.91 Å². The van der Waals surface area contributed by atoms with Crippen molar-refractivity contribution in [3.05, 3.63) is 53.8 Å². The molecule has 3 aromatic rings. The Hall–Kier alpha value is -2.58. The molecule has 0 aliphatic carbocycles. The quantitative estimate of drug-likeness (QED) is 0.449. The molecule has 1 amide bonds. The maximum atomic E-state index is 12.2. The molecule has 8 heteroatoms. The van der Waals surface area contributed by atoms with Gasteiger partial charge in [0.2, 0.25) is 0 Å². The molecule has 0 aliphatic rings. The van der Waals surface area contributed by atoms with Crippen LogP contribution in [-0.4, -0.2) is 40.9 Å². The van der Waals surface area contributed by atoms with Crippen LogP contribution in [0.1, 0.15) is 22.8 Å².